The van der Waals surface area contributed by atoms with Crippen molar-refractivity contribution < 1.29 is 27.4 Å². The van der Waals surface area contributed by atoms with Gasteiger partial charge in [0.05, 0.1) is 5.56 Å². The summed E-state index contributed by atoms with van der Waals surface area (Å²) in [6, 6.07) is 71.4. The largest absolute Gasteiger partial charge is 0.215 e. The molecular formula is C90H108N6+6. The van der Waals surface area contributed by atoms with Gasteiger partial charge in [-0.3, -0.25) is 0 Å². The van der Waals surface area contributed by atoms with Crippen molar-refractivity contribution in [2.45, 2.75) is 125 Å². The van der Waals surface area contributed by atoms with Crippen LogP contribution in [0.4, 0.5) is 0 Å². The molecule has 0 fully saturated rings. The van der Waals surface area contributed by atoms with Crippen molar-refractivity contribution in [1.82, 2.24) is 0 Å². The van der Waals surface area contributed by atoms with E-state index in [9.17, 15) is 0 Å². The predicted octanol–water partition coefficient (Wildman–Crippen LogP) is 18.6. The van der Waals surface area contributed by atoms with Crippen LogP contribution in [0.5, 0.6) is 0 Å². The fraction of sp³-hybridized carbons (Fsp3) is 0.267. The molecule has 0 N–H and O–H groups in total. The maximum Gasteiger partial charge on any atom is 0.215 e. The van der Waals surface area contributed by atoms with Gasteiger partial charge in [0.25, 0.3) is 0 Å². The fourth-order valence-electron chi connectivity index (χ4n) is 12.4. The van der Waals surface area contributed by atoms with Crippen molar-refractivity contribution in [3.8, 4) is 67.5 Å². The number of aromatic nitrogens is 6. The van der Waals surface area contributed by atoms with Gasteiger partial charge in [0.15, 0.2) is 35.7 Å². The first kappa shape index (κ1) is 73.6. The summed E-state index contributed by atoms with van der Waals surface area (Å²) in [7, 11) is 12.7. The lowest BCUT2D eigenvalue weighted by atomic mass is 9.99. The molecule has 0 aliphatic heterocycles. The first-order valence-corrected chi connectivity index (χ1v) is 33.8. The Labute approximate surface area is 577 Å². The molecule has 0 saturated carbocycles. The minimum absolute atomic E-state index is 1.28. The van der Waals surface area contributed by atoms with Gasteiger partial charge in [0.1, 0.15) is 42.3 Å². The van der Waals surface area contributed by atoms with Crippen LogP contribution in [0.15, 0.2) is 219 Å². The van der Waals surface area contributed by atoms with E-state index < -0.39 is 0 Å². The Morgan fingerprint density at radius 3 is 0.948 bits per heavy atom. The fourth-order valence-corrected chi connectivity index (χ4v) is 12.4. The zero-order valence-electron chi connectivity index (χ0n) is 62.5. The smallest absolute Gasteiger partial charge is 0.201 e. The Hall–Kier alpha value is -9.78. The maximum atomic E-state index is 2.26. The average Bonchev–Trinajstić information content (AvgIpc) is 0.891. The van der Waals surface area contributed by atoms with E-state index in [1.165, 1.54) is 168 Å². The van der Waals surface area contributed by atoms with Crippen LogP contribution in [0, 0.1) is 125 Å². The summed E-state index contributed by atoms with van der Waals surface area (Å²) in [4.78, 5) is 0. The third-order valence-electron chi connectivity index (χ3n) is 19.0. The lowest BCUT2D eigenvalue weighted by molar-refractivity contribution is -0.667. The van der Waals surface area contributed by atoms with Crippen LogP contribution in [0.25, 0.3) is 67.5 Å². The van der Waals surface area contributed by atoms with Gasteiger partial charge in [-0.15, -0.1) is 0 Å². The van der Waals surface area contributed by atoms with E-state index in [-0.39, 0.29) is 0 Å². The van der Waals surface area contributed by atoms with Gasteiger partial charge < -0.3 is 0 Å². The molecule has 6 heterocycles. The topological polar surface area (TPSA) is 23.3 Å². The number of pyridine rings is 6. The van der Waals surface area contributed by atoms with Crippen molar-refractivity contribution >= 4 is 0 Å². The SMILES string of the molecule is Cc1cc[n+](C)c(-c2cccc(C)c2C)c1.Cc1cc[n+](C)c(-c2cccc(C)c2C)c1.Cc1ccc(-c2cc(C)cc[n+]2C)c(C)c1.Cc1cccc(C)c1-c1cccc(C)[n+]1C.Cc1ccccc1-c1c(C)ccc(C)[n+]1C.Cc1ccccc1-c1c(C)ccc(C)[n+]1C. The Morgan fingerprint density at radius 1 is 0.208 bits per heavy atom. The molecule has 6 heteroatoms. The van der Waals surface area contributed by atoms with Crippen LogP contribution in [0.3, 0.4) is 0 Å². The quantitative estimate of drug-likeness (QED) is 0.148. The standard InChI is InChI=1S/6C15H18N/c1-11-7-5-8-12(2)15(11)14-10-6-9-13(3)16(14)4;1-11-5-6-14(13(3)9-11)15-10-12(2)7-8-16(15)4;2*1-11-8-9-16(4)15(10-11)14-7-5-6-12(2)13(14)3;2*1-11-7-5-6-8-14(11)15-12(2)9-10-13(3)16(15)4/h6*5-10H,1-4H3/q6*+1. The number of aryl methyl sites for hydroxylation is 19. The van der Waals surface area contributed by atoms with Crippen LogP contribution < -0.4 is 27.4 Å². The van der Waals surface area contributed by atoms with Crippen LogP contribution in [-0.2, 0) is 42.3 Å². The number of hydrogen-bond acceptors (Lipinski definition) is 0. The van der Waals surface area contributed by atoms with Gasteiger partial charge in [-0.05, 0) is 219 Å². The molecule has 492 valence electrons. The van der Waals surface area contributed by atoms with Gasteiger partial charge in [-0.2, -0.15) is 13.7 Å². The van der Waals surface area contributed by atoms with E-state index in [0.717, 1.165) is 0 Å². The Kier molecular flexibility index (Phi) is 25.7. The van der Waals surface area contributed by atoms with Crippen molar-refractivity contribution in [3.05, 3.63) is 319 Å². The van der Waals surface area contributed by atoms with Gasteiger partial charge in [-0.25, -0.2) is 13.7 Å². The van der Waals surface area contributed by atoms with Crippen LogP contribution in [0.2, 0.25) is 0 Å². The number of nitrogens with zero attached hydrogens (tertiary/aromatic N) is 6. The molecule has 0 atom stereocenters. The molecular weight excluding hydrogens is 1170 g/mol. The lowest BCUT2D eigenvalue weighted by Crippen LogP contribution is -2.35. The summed E-state index contributed by atoms with van der Waals surface area (Å²) < 4.78 is 13.3. The number of benzene rings is 6. The highest BCUT2D eigenvalue weighted by Gasteiger charge is 2.21. The molecule has 6 nitrogen and oxygen atoms in total. The summed E-state index contributed by atoms with van der Waals surface area (Å²) in [5.74, 6) is 0. The molecule has 6 aromatic heterocycles. The molecule has 0 radical (unpaired) electrons. The first-order valence-electron chi connectivity index (χ1n) is 33.8. The molecule has 0 amide bonds. The second kappa shape index (κ2) is 33.6. The summed E-state index contributed by atoms with van der Waals surface area (Å²) >= 11 is 0. The molecule has 0 unspecified atom stereocenters. The van der Waals surface area contributed by atoms with E-state index in [0.29, 0.717) is 0 Å². The van der Waals surface area contributed by atoms with Gasteiger partial charge in [0.2, 0.25) is 34.2 Å². The Balaban J connectivity index is 0.000000163. The molecule has 12 rings (SSSR count). The lowest BCUT2D eigenvalue weighted by Gasteiger charge is -2.08. The first-order chi connectivity index (χ1) is 45.6. The van der Waals surface area contributed by atoms with Crippen molar-refractivity contribution in [3.63, 3.8) is 0 Å². The average molecular weight is 1270 g/mol. The molecule has 6 aromatic carbocycles. The van der Waals surface area contributed by atoms with Crippen molar-refractivity contribution in [2.75, 3.05) is 0 Å². The van der Waals surface area contributed by atoms with Crippen molar-refractivity contribution in [2.24, 2.45) is 42.3 Å². The van der Waals surface area contributed by atoms with E-state index in [1.54, 1.807) is 0 Å². The molecule has 0 spiro atoms. The highest BCUT2D eigenvalue weighted by Crippen LogP contribution is 2.29. The third kappa shape index (κ3) is 18.4. The maximum absolute atomic E-state index is 2.26. The monoisotopic (exact) mass is 1270 g/mol. The van der Waals surface area contributed by atoms with E-state index in [4.69, 9.17) is 0 Å². The highest BCUT2D eigenvalue weighted by molar-refractivity contribution is 5.68. The van der Waals surface area contributed by atoms with Gasteiger partial charge in [-0.1, -0.05) is 96.6 Å². The van der Waals surface area contributed by atoms with Crippen LogP contribution in [0.1, 0.15) is 101 Å². The minimum Gasteiger partial charge on any atom is -0.201 e. The number of rotatable bonds is 6. The van der Waals surface area contributed by atoms with Gasteiger partial charge >= 0.3 is 0 Å². The van der Waals surface area contributed by atoms with Crippen LogP contribution >= 0.6 is 0 Å². The second-order valence-electron chi connectivity index (χ2n) is 26.6. The zero-order chi connectivity index (χ0) is 70.2. The normalized spacial score (nSPS) is 10.5. The van der Waals surface area contributed by atoms with Gasteiger partial charge in [0, 0.05) is 120 Å². The molecule has 0 aliphatic carbocycles. The molecule has 0 bridgehead atoms. The summed E-state index contributed by atoms with van der Waals surface area (Å²) in [6.45, 7) is 38.8. The summed E-state index contributed by atoms with van der Waals surface area (Å²) in [5, 5.41) is 0. The van der Waals surface area contributed by atoms with Crippen molar-refractivity contribution in [1.29, 1.82) is 0 Å². The summed E-state index contributed by atoms with van der Waals surface area (Å²) in [5.41, 5.74) is 39.5. The third-order valence-corrected chi connectivity index (χ3v) is 19.0. The molecule has 96 heavy (non-hydrogen) atoms. The predicted molar refractivity (Wildman–Crippen MR) is 404 cm³/mol. The molecule has 0 aliphatic rings. The minimum atomic E-state index is 1.28. The Morgan fingerprint density at radius 2 is 0.542 bits per heavy atom. The van der Waals surface area contributed by atoms with E-state index in [1.807, 2.05) is 0 Å². The summed E-state index contributed by atoms with van der Waals surface area (Å²) in [6.07, 6.45) is 6.35. The number of hydrogen-bond donors (Lipinski definition) is 0. The zero-order valence-corrected chi connectivity index (χ0v) is 62.5. The molecule has 12 aromatic rings. The van der Waals surface area contributed by atoms with E-state index in [2.05, 4.69) is 413 Å². The van der Waals surface area contributed by atoms with E-state index >= 15 is 0 Å². The highest BCUT2D eigenvalue weighted by atomic mass is 15.0. The Bertz CT molecular complexity index is 4480. The second-order valence-corrected chi connectivity index (χ2v) is 26.6. The van der Waals surface area contributed by atoms with Crippen LogP contribution in [-0.4, -0.2) is 0 Å². The molecule has 0 saturated heterocycles.